The maximum atomic E-state index is 5.44. The molecule has 3 N–H and O–H groups in total. The molecule has 0 atom stereocenters. The molecule has 0 fully saturated rings. The van der Waals surface area contributed by atoms with E-state index in [1.54, 1.807) is 30.6 Å². The van der Waals surface area contributed by atoms with Crippen molar-refractivity contribution in [2.45, 2.75) is 6.61 Å². The summed E-state index contributed by atoms with van der Waals surface area (Å²) >= 11 is 0. The first-order chi connectivity index (χ1) is 6.84. The summed E-state index contributed by atoms with van der Waals surface area (Å²) in [5.74, 6) is 1.24. The van der Waals surface area contributed by atoms with Crippen LogP contribution in [0.25, 0.3) is 0 Å². The summed E-state index contributed by atoms with van der Waals surface area (Å²) in [5, 5.41) is 6.55. The Morgan fingerprint density at radius 2 is 2.14 bits per heavy atom. The Kier molecular flexibility index (Phi) is 2.31. The minimum absolute atomic E-state index is 0.425. The molecule has 0 radical (unpaired) electrons. The lowest BCUT2D eigenvalue weighted by atomic mass is 10.4. The monoisotopic (exact) mass is 190 g/mol. The Balaban J connectivity index is 1.95. The number of rotatable bonds is 3. The highest BCUT2D eigenvalue weighted by molar-refractivity contribution is 5.28. The van der Waals surface area contributed by atoms with Crippen LogP contribution in [0, 0.1) is 0 Å². The van der Waals surface area contributed by atoms with E-state index < -0.39 is 0 Å². The second kappa shape index (κ2) is 3.78. The van der Waals surface area contributed by atoms with Gasteiger partial charge >= 0.3 is 0 Å². The van der Waals surface area contributed by atoms with Gasteiger partial charge in [0, 0.05) is 18.5 Å². The highest BCUT2D eigenvalue weighted by atomic mass is 16.5. The van der Waals surface area contributed by atoms with E-state index in [4.69, 9.17) is 10.5 Å². The van der Waals surface area contributed by atoms with Crippen LogP contribution in [0.3, 0.4) is 0 Å². The number of ether oxygens (including phenoxy) is 1. The van der Waals surface area contributed by atoms with Crippen molar-refractivity contribution in [3.8, 4) is 5.75 Å². The molecule has 0 bridgehead atoms. The van der Waals surface area contributed by atoms with Gasteiger partial charge in [-0.3, -0.25) is 10.1 Å². The Morgan fingerprint density at radius 1 is 1.36 bits per heavy atom. The summed E-state index contributed by atoms with van der Waals surface area (Å²) in [7, 11) is 0. The predicted octanol–water partition coefficient (Wildman–Crippen LogP) is 0.966. The van der Waals surface area contributed by atoms with E-state index >= 15 is 0 Å². The van der Waals surface area contributed by atoms with Crippen molar-refractivity contribution < 1.29 is 4.74 Å². The van der Waals surface area contributed by atoms with Gasteiger partial charge in [0.1, 0.15) is 18.2 Å². The molecule has 5 heteroatoms. The van der Waals surface area contributed by atoms with Crippen molar-refractivity contribution >= 4 is 5.82 Å². The SMILES string of the molecule is Nc1cc(COc2ccncc2)[nH]n1. The van der Waals surface area contributed by atoms with Crippen LogP contribution in [0.2, 0.25) is 0 Å². The first-order valence-electron chi connectivity index (χ1n) is 4.17. The van der Waals surface area contributed by atoms with Crippen LogP contribution in [-0.2, 0) is 6.61 Å². The first kappa shape index (κ1) is 8.55. The van der Waals surface area contributed by atoms with Crippen LogP contribution in [0.15, 0.2) is 30.6 Å². The Hall–Kier alpha value is -2.04. The van der Waals surface area contributed by atoms with Gasteiger partial charge in [-0.05, 0) is 12.1 Å². The Labute approximate surface area is 80.9 Å². The number of anilines is 1. The zero-order chi connectivity index (χ0) is 9.80. The second-order valence-electron chi connectivity index (χ2n) is 2.79. The molecule has 0 saturated carbocycles. The average Bonchev–Trinajstić information content (AvgIpc) is 2.63. The standard InChI is InChI=1S/C9H10N4O/c10-9-5-7(12-13-9)6-14-8-1-3-11-4-2-8/h1-5H,6H2,(H3,10,12,13). The van der Waals surface area contributed by atoms with Crippen LogP contribution in [0.5, 0.6) is 5.75 Å². The van der Waals surface area contributed by atoms with Crippen molar-refractivity contribution in [3.63, 3.8) is 0 Å². The summed E-state index contributed by atoms with van der Waals surface area (Å²) < 4.78 is 5.44. The molecule has 2 aromatic rings. The van der Waals surface area contributed by atoms with Gasteiger partial charge in [-0.1, -0.05) is 0 Å². The van der Waals surface area contributed by atoms with E-state index in [9.17, 15) is 0 Å². The average molecular weight is 190 g/mol. The fourth-order valence-electron chi connectivity index (χ4n) is 1.05. The zero-order valence-corrected chi connectivity index (χ0v) is 7.47. The lowest BCUT2D eigenvalue weighted by molar-refractivity contribution is 0.301. The van der Waals surface area contributed by atoms with Crippen molar-refractivity contribution in [3.05, 3.63) is 36.3 Å². The molecular weight excluding hydrogens is 180 g/mol. The Morgan fingerprint density at radius 3 is 2.79 bits per heavy atom. The summed E-state index contributed by atoms with van der Waals surface area (Å²) in [5.41, 5.74) is 6.29. The third kappa shape index (κ3) is 2.01. The molecule has 0 unspecified atom stereocenters. The molecule has 2 aromatic heterocycles. The normalized spacial score (nSPS) is 10.0. The maximum absolute atomic E-state index is 5.44. The number of nitrogens with one attached hydrogen (secondary N) is 1. The minimum atomic E-state index is 0.425. The van der Waals surface area contributed by atoms with E-state index in [2.05, 4.69) is 15.2 Å². The van der Waals surface area contributed by atoms with Gasteiger partial charge in [0.05, 0.1) is 5.69 Å². The van der Waals surface area contributed by atoms with Crippen LogP contribution in [-0.4, -0.2) is 15.2 Å². The highest BCUT2D eigenvalue weighted by Gasteiger charge is 1.98. The summed E-state index contributed by atoms with van der Waals surface area (Å²) in [6.07, 6.45) is 3.35. The van der Waals surface area contributed by atoms with Crippen molar-refractivity contribution in [2.75, 3.05) is 5.73 Å². The van der Waals surface area contributed by atoms with Gasteiger partial charge in [0.2, 0.25) is 0 Å². The minimum Gasteiger partial charge on any atom is -0.487 e. The van der Waals surface area contributed by atoms with Gasteiger partial charge in [0.15, 0.2) is 0 Å². The van der Waals surface area contributed by atoms with Gasteiger partial charge < -0.3 is 10.5 Å². The fraction of sp³-hybridized carbons (Fsp3) is 0.111. The smallest absolute Gasteiger partial charge is 0.145 e. The first-order valence-corrected chi connectivity index (χ1v) is 4.17. The highest BCUT2D eigenvalue weighted by Crippen LogP contribution is 2.10. The van der Waals surface area contributed by atoms with E-state index in [1.807, 2.05) is 0 Å². The third-order valence-electron chi connectivity index (χ3n) is 1.69. The summed E-state index contributed by atoms with van der Waals surface area (Å²) in [6.45, 7) is 0.425. The number of nitrogens with two attached hydrogens (primary N) is 1. The molecule has 0 aromatic carbocycles. The third-order valence-corrected chi connectivity index (χ3v) is 1.69. The van der Waals surface area contributed by atoms with Crippen LogP contribution < -0.4 is 10.5 Å². The molecule has 5 nitrogen and oxygen atoms in total. The molecule has 0 saturated heterocycles. The number of nitrogen functional groups attached to an aromatic ring is 1. The van der Waals surface area contributed by atoms with Gasteiger partial charge in [0.25, 0.3) is 0 Å². The molecule has 0 amide bonds. The molecule has 0 aliphatic heterocycles. The zero-order valence-electron chi connectivity index (χ0n) is 7.47. The van der Waals surface area contributed by atoms with Gasteiger partial charge in [-0.15, -0.1) is 0 Å². The number of aromatic amines is 1. The van der Waals surface area contributed by atoms with Crippen LogP contribution in [0.4, 0.5) is 5.82 Å². The number of aromatic nitrogens is 3. The molecule has 14 heavy (non-hydrogen) atoms. The van der Waals surface area contributed by atoms with E-state index in [0.29, 0.717) is 12.4 Å². The molecule has 0 aliphatic carbocycles. The van der Waals surface area contributed by atoms with E-state index in [0.717, 1.165) is 11.4 Å². The number of H-pyrrole nitrogens is 1. The van der Waals surface area contributed by atoms with Crippen molar-refractivity contribution in [2.24, 2.45) is 0 Å². The van der Waals surface area contributed by atoms with Crippen molar-refractivity contribution in [1.82, 2.24) is 15.2 Å². The number of hydrogen-bond donors (Lipinski definition) is 2. The molecule has 2 heterocycles. The van der Waals surface area contributed by atoms with Crippen molar-refractivity contribution in [1.29, 1.82) is 0 Å². The summed E-state index contributed by atoms with van der Waals surface area (Å²) in [6, 6.07) is 5.32. The maximum Gasteiger partial charge on any atom is 0.145 e. The quantitative estimate of drug-likeness (QED) is 0.755. The van der Waals surface area contributed by atoms with Gasteiger partial charge in [-0.2, -0.15) is 5.10 Å². The Bertz CT molecular complexity index is 398. The van der Waals surface area contributed by atoms with Crippen LogP contribution in [0.1, 0.15) is 5.69 Å². The van der Waals surface area contributed by atoms with E-state index in [1.165, 1.54) is 0 Å². The molecule has 2 rings (SSSR count). The fourth-order valence-corrected chi connectivity index (χ4v) is 1.05. The predicted molar refractivity (Wildman–Crippen MR) is 51.6 cm³/mol. The lowest BCUT2D eigenvalue weighted by Gasteiger charge is -2.02. The number of nitrogens with zero attached hydrogens (tertiary/aromatic N) is 2. The molecule has 72 valence electrons. The lowest BCUT2D eigenvalue weighted by Crippen LogP contribution is -1.95. The topological polar surface area (TPSA) is 76.8 Å². The molecule has 0 spiro atoms. The molecular formula is C9H10N4O. The number of pyridine rings is 1. The second-order valence-corrected chi connectivity index (χ2v) is 2.79. The van der Waals surface area contributed by atoms with Crippen LogP contribution >= 0.6 is 0 Å². The molecule has 0 aliphatic rings. The number of hydrogen-bond acceptors (Lipinski definition) is 4. The van der Waals surface area contributed by atoms with Gasteiger partial charge in [-0.25, -0.2) is 0 Å². The summed E-state index contributed by atoms with van der Waals surface area (Å²) in [4.78, 5) is 3.88. The largest absolute Gasteiger partial charge is 0.487 e. The van der Waals surface area contributed by atoms with E-state index in [-0.39, 0.29) is 0 Å².